The molecule has 0 atom stereocenters. The Hall–Kier alpha value is -0.782. The number of pyridine rings is 6. The fraction of sp³-hybridized carbons (Fsp3) is 0.444. The minimum Gasteiger partial charge on any atom is -0.381 e. The van der Waals surface area contributed by atoms with Crippen LogP contribution in [-0.2, 0) is 28.4 Å². The molecule has 0 aromatic carbocycles. The Morgan fingerprint density at radius 2 is 0.333 bits per heavy atom. The molecule has 6 aliphatic rings. The minimum atomic E-state index is 0. The van der Waals surface area contributed by atoms with Crippen LogP contribution in [0.2, 0.25) is 0 Å². The van der Waals surface area contributed by atoms with E-state index in [4.69, 9.17) is 28.4 Å². The molecule has 0 radical (unpaired) electrons. The molecule has 0 unspecified atom stereocenters. The third-order valence-corrected chi connectivity index (χ3v) is 9.74. The first-order chi connectivity index (χ1) is 32.9. The Balaban J connectivity index is 0.000000398. The standard InChI is InChI=1S/3C10H8N2.6C4H8O.3Yb/c3*1-3-7-11-9(5-1)10-6-2-4-8-12-10;6*1-2-4-5-3-1;;;/h3*1-8H;6*1-4H2;;;. The van der Waals surface area contributed by atoms with Crippen molar-refractivity contribution in [2.45, 2.75) is 77.0 Å². The van der Waals surface area contributed by atoms with Gasteiger partial charge >= 0.3 is 0 Å². The van der Waals surface area contributed by atoms with E-state index in [0.717, 1.165) is 113 Å². The second-order valence-corrected chi connectivity index (χ2v) is 15.2. The molecule has 0 bridgehead atoms. The van der Waals surface area contributed by atoms with E-state index in [0.29, 0.717) is 0 Å². The van der Waals surface area contributed by atoms with Crippen LogP contribution < -0.4 is 0 Å². The first kappa shape index (κ1) is 66.2. The normalized spacial score (nSPS) is 15.5. The molecule has 12 heterocycles. The average molecular weight is 1420 g/mol. The summed E-state index contributed by atoms with van der Waals surface area (Å²) in [6.45, 7) is 12.0. The molecule has 0 aliphatic carbocycles. The zero-order valence-electron chi connectivity index (χ0n) is 39.8. The minimum absolute atomic E-state index is 0. The Morgan fingerprint density at radius 1 is 0.203 bits per heavy atom. The molecule has 6 aromatic rings. The fourth-order valence-electron chi connectivity index (χ4n) is 6.15. The summed E-state index contributed by atoms with van der Waals surface area (Å²) in [4.78, 5) is 25.1. The van der Waals surface area contributed by atoms with E-state index < -0.39 is 0 Å². The summed E-state index contributed by atoms with van der Waals surface area (Å²) >= 11 is 0. The second kappa shape index (κ2) is 49.4. The molecular formula is C54H72N6O6Yb3. The van der Waals surface area contributed by atoms with Crippen LogP contribution in [-0.4, -0.2) is 109 Å². The summed E-state index contributed by atoms with van der Waals surface area (Å²) in [5.41, 5.74) is 5.49. The monoisotopic (exact) mass is 1420 g/mol. The van der Waals surface area contributed by atoms with Gasteiger partial charge in [-0.15, -0.1) is 0 Å². The van der Waals surface area contributed by atoms with E-state index in [2.05, 4.69) is 29.9 Å². The average Bonchev–Trinajstić information content (AvgIpc) is 4.26. The summed E-state index contributed by atoms with van der Waals surface area (Å²) in [5.74, 6) is 0. The van der Waals surface area contributed by atoms with Gasteiger partial charge in [0.25, 0.3) is 0 Å². The zero-order valence-corrected chi connectivity index (χ0v) is 44.9. The number of rotatable bonds is 3. The van der Waals surface area contributed by atoms with Crippen LogP contribution >= 0.6 is 0 Å². The number of nitrogens with zero attached hydrogens (tertiary/aromatic N) is 6. The number of hydrogen-bond acceptors (Lipinski definition) is 12. The summed E-state index contributed by atoms with van der Waals surface area (Å²) in [6.07, 6.45) is 25.9. The van der Waals surface area contributed by atoms with Gasteiger partial charge in [-0.2, -0.15) is 0 Å². The van der Waals surface area contributed by atoms with E-state index in [9.17, 15) is 0 Å². The molecule has 6 saturated heterocycles. The molecule has 69 heavy (non-hydrogen) atoms. The van der Waals surface area contributed by atoms with Crippen molar-refractivity contribution in [2.75, 3.05) is 79.3 Å². The van der Waals surface area contributed by atoms with Crippen LogP contribution in [0.4, 0.5) is 0 Å². The van der Waals surface area contributed by atoms with Crippen molar-refractivity contribution >= 4 is 0 Å². The van der Waals surface area contributed by atoms with Gasteiger partial charge < -0.3 is 28.4 Å². The predicted octanol–water partition coefficient (Wildman–Crippen LogP) is 11.2. The molecule has 396 valence electrons. The fourth-order valence-corrected chi connectivity index (χ4v) is 6.15. The predicted molar refractivity (Wildman–Crippen MR) is 263 cm³/mol. The van der Waals surface area contributed by atoms with E-state index >= 15 is 0 Å². The van der Waals surface area contributed by atoms with Crippen LogP contribution in [0.3, 0.4) is 0 Å². The summed E-state index contributed by atoms with van der Waals surface area (Å²) in [5, 5.41) is 0. The molecule has 6 fully saturated rings. The number of hydrogen-bond donors (Lipinski definition) is 0. The maximum absolute atomic E-state index is 4.94. The summed E-state index contributed by atoms with van der Waals surface area (Å²) < 4.78 is 29.7. The van der Waals surface area contributed by atoms with E-state index in [-0.39, 0.29) is 141 Å². The smallest absolute Gasteiger partial charge is 0.0886 e. The Morgan fingerprint density at radius 3 is 0.406 bits per heavy atom. The van der Waals surface area contributed by atoms with Gasteiger partial charge in [0.2, 0.25) is 0 Å². The van der Waals surface area contributed by atoms with E-state index in [1.54, 1.807) is 37.2 Å². The van der Waals surface area contributed by atoms with Crippen molar-refractivity contribution in [1.82, 2.24) is 29.9 Å². The van der Waals surface area contributed by atoms with Gasteiger partial charge in [0, 0.05) is 257 Å². The third kappa shape index (κ3) is 35.9. The van der Waals surface area contributed by atoms with Crippen molar-refractivity contribution in [1.29, 1.82) is 0 Å². The second-order valence-electron chi connectivity index (χ2n) is 15.2. The molecular weight excluding hydrogens is 1350 g/mol. The number of ether oxygens (including phenoxy) is 6. The maximum Gasteiger partial charge on any atom is 0.0886 e. The van der Waals surface area contributed by atoms with Gasteiger partial charge in [0.15, 0.2) is 0 Å². The van der Waals surface area contributed by atoms with Crippen molar-refractivity contribution < 1.29 is 169 Å². The quantitative estimate of drug-likeness (QED) is 0.167. The Labute approximate surface area is 528 Å². The first-order valence-corrected chi connectivity index (χ1v) is 23.8. The maximum atomic E-state index is 4.94. The summed E-state index contributed by atoms with van der Waals surface area (Å²) in [6, 6.07) is 34.8. The van der Waals surface area contributed by atoms with E-state index in [1.807, 2.05) is 109 Å². The first-order valence-electron chi connectivity index (χ1n) is 23.8. The van der Waals surface area contributed by atoms with Gasteiger partial charge in [0.05, 0.1) is 34.2 Å². The van der Waals surface area contributed by atoms with Crippen LogP contribution in [0.25, 0.3) is 34.2 Å². The molecule has 15 heteroatoms. The van der Waals surface area contributed by atoms with Crippen molar-refractivity contribution in [3.05, 3.63) is 146 Å². The molecule has 0 N–H and O–H groups in total. The van der Waals surface area contributed by atoms with Crippen LogP contribution in [0, 0.1) is 141 Å². The molecule has 0 spiro atoms. The molecule has 12 rings (SSSR count). The molecule has 0 amide bonds. The van der Waals surface area contributed by atoms with Crippen LogP contribution in [0.15, 0.2) is 146 Å². The van der Waals surface area contributed by atoms with Crippen molar-refractivity contribution in [3.63, 3.8) is 0 Å². The van der Waals surface area contributed by atoms with Gasteiger partial charge in [-0.25, -0.2) is 0 Å². The molecule has 6 aliphatic heterocycles. The zero-order chi connectivity index (χ0) is 45.9. The van der Waals surface area contributed by atoms with Crippen LogP contribution in [0.5, 0.6) is 0 Å². The number of aromatic nitrogens is 6. The molecule has 12 nitrogen and oxygen atoms in total. The summed E-state index contributed by atoms with van der Waals surface area (Å²) in [7, 11) is 0. The van der Waals surface area contributed by atoms with Crippen LogP contribution in [0.1, 0.15) is 77.0 Å². The Bertz CT molecular complexity index is 1500. The van der Waals surface area contributed by atoms with Gasteiger partial charge in [-0.05, 0) is 150 Å². The molecule has 0 saturated carbocycles. The SMILES string of the molecule is C1CCOC1.C1CCOC1.C1CCOC1.C1CCOC1.C1CCOC1.C1CCOC1.[Yb].[Yb].[Yb].c1ccc(-c2ccccn2)nc1.c1ccc(-c2ccccn2)nc1.c1ccc(-c2ccccn2)nc1. The third-order valence-electron chi connectivity index (χ3n) is 9.74. The van der Waals surface area contributed by atoms with Gasteiger partial charge in [-0.1, -0.05) is 36.4 Å². The largest absolute Gasteiger partial charge is 0.381 e. The van der Waals surface area contributed by atoms with Crippen molar-refractivity contribution in [3.8, 4) is 34.2 Å². The van der Waals surface area contributed by atoms with Crippen molar-refractivity contribution in [2.24, 2.45) is 0 Å². The van der Waals surface area contributed by atoms with Gasteiger partial charge in [0.1, 0.15) is 0 Å². The van der Waals surface area contributed by atoms with E-state index in [1.165, 1.54) is 77.0 Å². The van der Waals surface area contributed by atoms with Gasteiger partial charge in [-0.3, -0.25) is 29.9 Å². The topological polar surface area (TPSA) is 133 Å². The Kier molecular flexibility index (Phi) is 47.4. The molecule has 6 aromatic heterocycles.